The number of ether oxygens (including phenoxy) is 1. The molecule has 1 N–H and O–H groups in total. The Balaban J connectivity index is 1.81. The maximum Gasteiger partial charge on any atom is 0.226 e. The lowest BCUT2D eigenvalue weighted by Gasteiger charge is -2.05. The van der Waals surface area contributed by atoms with E-state index in [4.69, 9.17) is 4.74 Å². The normalized spacial score (nSPS) is 10.8. The van der Waals surface area contributed by atoms with Crippen LogP contribution in [0, 0.1) is 13.8 Å². The molecular formula is C14H21N5O2. The van der Waals surface area contributed by atoms with Gasteiger partial charge in [0.1, 0.15) is 6.73 Å². The first kappa shape index (κ1) is 15.2. The fourth-order valence-electron chi connectivity index (χ4n) is 2.02. The maximum absolute atomic E-state index is 11.9. The molecule has 2 aromatic heterocycles. The highest BCUT2D eigenvalue weighted by atomic mass is 16.5. The molecule has 7 heteroatoms. The Bertz CT molecular complexity index is 602. The third-order valence-electron chi connectivity index (χ3n) is 3.00. The van der Waals surface area contributed by atoms with Crippen molar-refractivity contribution in [2.75, 3.05) is 11.9 Å². The number of amides is 1. The number of hydrogen-bond acceptors (Lipinski definition) is 4. The van der Waals surface area contributed by atoms with E-state index in [9.17, 15) is 4.79 Å². The van der Waals surface area contributed by atoms with Crippen LogP contribution in [-0.4, -0.2) is 32.1 Å². The van der Waals surface area contributed by atoms with Gasteiger partial charge < -0.3 is 10.1 Å². The molecule has 0 unspecified atom stereocenters. The average Bonchev–Trinajstić information content (AvgIpc) is 3.00. The summed E-state index contributed by atoms with van der Waals surface area (Å²) in [5, 5.41) is 11.2. The van der Waals surface area contributed by atoms with Gasteiger partial charge in [0.05, 0.1) is 23.8 Å². The van der Waals surface area contributed by atoms with Crippen molar-refractivity contribution in [2.24, 2.45) is 0 Å². The minimum absolute atomic E-state index is 0.0569. The lowest BCUT2D eigenvalue weighted by Crippen LogP contribution is -2.15. The molecular weight excluding hydrogens is 270 g/mol. The second-order valence-corrected chi connectivity index (χ2v) is 4.84. The van der Waals surface area contributed by atoms with Gasteiger partial charge in [0.2, 0.25) is 5.91 Å². The standard InChI is InChI=1S/C14H21N5O2/c1-4-21-10-18-9-13(8-15-18)16-14(20)5-6-19-12(3)7-11(2)17-19/h7-9H,4-6,10H2,1-3H3,(H,16,20). The molecule has 0 fully saturated rings. The summed E-state index contributed by atoms with van der Waals surface area (Å²) in [6.07, 6.45) is 3.73. The second-order valence-electron chi connectivity index (χ2n) is 4.84. The van der Waals surface area contributed by atoms with E-state index in [0.717, 1.165) is 11.4 Å². The highest BCUT2D eigenvalue weighted by Gasteiger charge is 2.07. The fourth-order valence-corrected chi connectivity index (χ4v) is 2.02. The third kappa shape index (κ3) is 4.42. The van der Waals surface area contributed by atoms with E-state index in [2.05, 4.69) is 15.5 Å². The average molecular weight is 291 g/mol. The van der Waals surface area contributed by atoms with Crippen molar-refractivity contribution in [2.45, 2.75) is 40.5 Å². The lowest BCUT2D eigenvalue weighted by atomic mass is 10.3. The summed E-state index contributed by atoms with van der Waals surface area (Å²) in [7, 11) is 0. The minimum Gasteiger partial charge on any atom is -0.360 e. The summed E-state index contributed by atoms with van der Waals surface area (Å²) in [5.74, 6) is -0.0569. The molecule has 0 saturated heterocycles. The molecule has 114 valence electrons. The van der Waals surface area contributed by atoms with Gasteiger partial charge in [-0.2, -0.15) is 10.2 Å². The van der Waals surface area contributed by atoms with Gasteiger partial charge in [-0.3, -0.25) is 9.48 Å². The van der Waals surface area contributed by atoms with E-state index < -0.39 is 0 Å². The van der Waals surface area contributed by atoms with Crippen LogP contribution in [0.4, 0.5) is 5.69 Å². The molecule has 0 bridgehead atoms. The minimum atomic E-state index is -0.0569. The van der Waals surface area contributed by atoms with Crippen LogP contribution in [0.15, 0.2) is 18.5 Å². The molecule has 0 radical (unpaired) electrons. The maximum atomic E-state index is 11.9. The Labute approximate surface area is 123 Å². The van der Waals surface area contributed by atoms with Gasteiger partial charge >= 0.3 is 0 Å². The van der Waals surface area contributed by atoms with Crippen LogP contribution >= 0.6 is 0 Å². The summed E-state index contributed by atoms with van der Waals surface area (Å²) in [6.45, 7) is 7.43. The smallest absolute Gasteiger partial charge is 0.226 e. The van der Waals surface area contributed by atoms with Gasteiger partial charge in [0.15, 0.2) is 0 Å². The van der Waals surface area contributed by atoms with E-state index >= 15 is 0 Å². The number of carbonyl (C=O) groups is 1. The summed E-state index contributed by atoms with van der Waals surface area (Å²) in [6, 6.07) is 2.00. The molecule has 2 rings (SSSR count). The molecule has 0 aliphatic heterocycles. The van der Waals surface area contributed by atoms with Crippen molar-refractivity contribution in [3.8, 4) is 0 Å². The zero-order valence-corrected chi connectivity index (χ0v) is 12.7. The Hall–Kier alpha value is -2.15. The number of nitrogens with one attached hydrogen (secondary N) is 1. The third-order valence-corrected chi connectivity index (χ3v) is 3.00. The van der Waals surface area contributed by atoms with Crippen LogP contribution in [0.25, 0.3) is 0 Å². The molecule has 7 nitrogen and oxygen atoms in total. The number of aromatic nitrogens is 4. The second kappa shape index (κ2) is 7.03. The predicted octanol–water partition coefficient (Wildman–Crippen LogP) is 1.72. The van der Waals surface area contributed by atoms with Gasteiger partial charge in [0, 0.05) is 25.3 Å². The highest BCUT2D eigenvalue weighted by molar-refractivity contribution is 5.90. The zero-order chi connectivity index (χ0) is 15.2. The van der Waals surface area contributed by atoms with Gasteiger partial charge in [-0.25, -0.2) is 4.68 Å². The first-order valence-corrected chi connectivity index (χ1v) is 6.99. The number of nitrogens with zero attached hydrogens (tertiary/aromatic N) is 4. The van der Waals surface area contributed by atoms with Crippen LogP contribution in [0.2, 0.25) is 0 Å². The number of hydrogen-bond donors (Lipinski definition) is 1. The predicted molar refractivity (Wildman–Crippen MR) is 78.8 cm³/mol. The van der Waals surface area contributed by atoms with E-state index in [-0.39, 0.29) is 5.91 Å². The summed E-state index contributed by atoms with van der Waals surface area (Å²) >= 11 is 0. The van der Waals surface area contributed by atoms with Crippen molar-refractivity contribution in [1.29, 1.82) is 0 Å². The fraction of sp³-hybridized carbons (Fsp3) is 0.500. The number of anilines is 1. The van der Waals surface area contributed by atoms with Crippen molar-refractivity contribution in [3.05, 3.63) is 29.8 Å². The van der Waals surface area contributed by atoms with Gasteiger partial charge in [-0.05, 0) is 26.8 Å². The van der Waals surface area contributed by atoms with Gasteiger partial charge in [0.25, 0.3) is 0 Å². The van der Waals surface area contributed by atoms with Crippen LogP contribution in [-0.2, 0) is 22.8 Å². The molecule has 0 aliphatic rings. The van der Waals surface area contributed by atoms with E-state index in [1.165, 1.54) is 0 Å². The van der Waals surface area contributed by atoms with Gasteiger partial charge in [-0.15, -0.1) is 0 Å². The lowest BCUT2D eigenvalue weighted by molar-refractivity contribution is -0.116. The summed E-state index contributed by atoms with van der Waals surface area (Å²) in [5.41, 5.74) is 2.70. The van der Waals surface area contributed by atoms with Crippen molar-refractivity contribution >= 4 is 11.6 Å². The van der Waals surface area contributed by atoms with E-state index in [1.54, 1.807) is 17.1 Å². The molecule has 0 aliphatic carbocycles. The van der Waals surface area contributed by atoms with E-state index in [0.29, 0.717) is 32.0 Å². The molecule has 1 amide bonds. The Morgan fingerprint density at radius 1 is 1.43 bits per heavy atom. The van der Waals surface area contributed by atoms with Crippen molar-refractivity contribution < 1.29 is 9.53 Å². The van der Waals surface area contributed by atoms with Gasteiger partial charge in [-0.1, -0.05) is 0 Å². The van der Waals surface area contributed by atoms with Crippen LogP contribution in [0.5, 0.6) is 0 Å². The molecule has 0 saturated carbocycles. The monoisotopic (exact) mass is 291 g/mol. The molecule has 0 aromatic carbocycles. The summed E-state index contributed by atoms with van der Waals surface area (Å²) < 4.78 is 8.71. The first-order valence-electron chi connectivity index (χ1n) is 6.99. The molecule has 2 aromatic rings. The highest BCUT2D eigenvalue weighted by Crippen LogP contribution is 2.07. The molecule has 21 heavy (non-hydrogen) atoms. The Morgan fingerprint density at radius 3 is 2.90 bits per heavy atom. The zero-order valence-electron chi connectivity index (χ0n) is 12.7. The number of aryl methyl sites for hydroxylation is 3. The number of rotatable bonds is 7. The molecule has 0 atom stereocenters. The van der Waals surface area contributed by atoms with E-state index in [1.807, 2.05) is 31.5 Å². The van der Waals surface area contributed by atoms with Crippen molar-refractivity contribution in [1.82, 2.24) is 19.6 Å². The molecule has 2 heterocycles. The van der Waals surface area contributed by atoms with Crippen LogP contribution in [0.1, 0.15) is 24.7 Å². The van der Waals surface area contributed by atoms with Crippen LogP contribution < -0.4 is 5.32 Å². The quantitative estimate of drug-likeness (QED) is 0.843. The summed E-state index contributed by atoms with van der Waals surface area (Å²) in [4.78, 5) is 11.9. The first-order chi connectivity index (χ1) is 10.1. The Morgan fingerprint density at radius 2 is 2.24 bits per heavy atom. The Kier molecular flexibility index (Phi) is 5.10. The molecule has 0 spiro atoms. The topological polar surface area (TPSA) is 74.0 Å². The largest absolute Gasteiger partial charge is 0.360 e. The van der Waals surface area contributed by atoms with Crippen molar-refractivity contribution in [3.63, 3.8) is 0 Å². The number of carbonyl (C=O) groups excluding carboxylic acids is 1. The SMILES string of the molecule is CCOCn1cc(NC(=O)CCn2nc(C)cc2C)cn1. The van der Waals surface area contributed by atoms with Crippen LogP contribution in [0.3, 0.4) is 0 Å².